The minimum absolute atomic E-state index is 0.00234. The van der Waals surface area contributed by atoms with Gasteiger partial charge in [-0.05, 0) is 26.7 Å². The minimum atomic E-state index is -0.859. The lowest BCUT2D eigenvalue weighted by Gasteiger charge is -2.13. The summed E-state index contributed by atoms with van der Waals surface area (Å²) in [5, 5.41) is 13.2. The van der Waals surface area contributed by atoms with Crippen LogP contribution in [0.4, 0.5) is 0 Å². The number of aromatic nitrogens is 2. The number of hydrogen-bond acceptors (Lipinski definition) is 3. The predicted octanol–water partition coefficient (Wildman–Crippen LogP) is 2.25. The summed E-state index contributed by atoms with van der Waals surface area (Å²) in [7, 11) is 0. The van der Waals surface area contributed by atoms with Crippen LogP contribution >= 0.6 is 0 Å². The molecule has 0 spiro atoms. The van der Waals surface area contributed by atoms with Crippen molar-refractivity contribution < 1.29 is 14.7 Å². The lowest BCUT2D eigenvalue weighted by molar-refractivity contribution is -0.137. The third-order valence-electron chi connectivity index (χ3n) is 2.99. The van der Waals surface area contributed by atoms with Crippen LogP contribution in [0, 0.1) is 0 Å². The lowest BCUT2D eigenvalue weighted by atomic mass is 10.1. The largest absolute Gasteiger partial charge is 0.481 e. The van der Waals surface area contributed by atoms with E-state index in [-0.39, 0.29) is 18.2 Å². The average molecular weight is 252 g/mol. The molecular weight excluding hydrogens is 232 g/mol. The van der Waals surface area contributed by atoms with Crippen molar-refractivity contribution in [2.75, 3.05) is 0 Å². The summed E-state index contributed by atoms with van der Waals surface area (Å²) in [5.74, 6) is -0.861. The zero-order valence-electron chi connectivity index (χ0n) is 11.4. The van der Waals surface area contributed by atoms with Crippen LogP contribution in [-0.2, 0) is 17.6 Å². The number of hydrogen-bond donors (Lipinski definition) is 1. The quantitative estimate of drug-likeness (QED) is 0.788. The first-order valence-electron chi connectivity index (χ1n) is 6.25. The van der Waals surface area contributed by atoms with Crippen molar-refractivity contribution in [3.63, 3.8) is 0 Å². The number of carbonyl (C=O) groups is 2. The fourth-order valence-corrected chi connectivity index (χ4v) is 2.22. The van der Waals surface area contributed by atoms with Crippen LogP contribution in [-0.4, -0.2) is 26.6 Å². The van der Waals surface area contributed by atoms with E-state index in [9.17, 15) is 9.59 Å². The highest BCUT2D eigenvalue weighted by Gasteiger charge is 2.22. The van der Waals surface area contributed by atoms with E-state index in [2.05, 4.69) is 5.10 Å². The van der Waals surface area contributed by atoms with Gasteiger partial charge in [0.1, 0.15) is 0 Å². The maximum absolute atomic E-state index is 11.7. The van der Waals surface area contributed by atoms with Crippen molar-refractivity contribution in [1.82, 2.24) is 9.78 Å². The van der Waals surface area contributed by atoms with Gasteiger partial charge >= 0.3 is 5.97 Å². The molecule has 5 nitrogen and oxygen atoms in total. The van der Waals surface area contributed by atoms with E-state index in [1.807, 2.05) is 20.8 Å². The van der Waals surface area contributed by atoms with Crippen LogP contribution in [0.15, 0.2) is 0 Å². The molecule has 1 aromatic rings. The Morgan fingerprint density at radius 1 is 1.33 bits per heavy atom. The van der Waals surface area contributed by atoms with Crippen LogP contribution in [0.25, 0.3) is 0 Å². The third kappa shape index (κ3) is 2.78. The molecule has 0 radical (unpaired) electrons. The zero-order valence-corrected chi connectivity index (χ0v) is 11.4. The molecule has 0 fully saturated rings. The van der Waals surface area contributed by atoms with E-state index in [4.69, 9.17) is 5.11 Å². The Hall–Kier alpha value is -1.65. The Morgan fingerprint density at radius 3 is 2.33 bits per heavy atom. The summed E-state index contributed by atoms with van der Waals surface area (Å²) in [6, 6.07) is -0.240. The molecule has 100 valence electrons. The summed E-state index contributed by atoms with van der Waals surface area (Å²) in [5.41, 5.74) is 2.27. The first-order chi connectivity index (χ1) is 8.42. The second-order valence-corrected chi connectivity index (χ2v) is 4.42. The number of aliphatic carboxylic acids is 1. The molecule has 0 saturated heterocycles. The van der Waals surface area contributed by atoms with Gasteiger partial charge in [0.2, 0.25) is 0 Å². The van der Waals surface area contributed by atoms with Gasteiger partial charge in [-0.15, -0.1) is 0 Å². The Bertz CT molecular complexity index is 463. The van der Waals surface area contributed by atoms with Gasteiger partial charge in [-0.1, -0.05) is 13.8 Å². The molecule has 1 atom stereocenters. The molecule has 0 aliphatic rings. The first-order valence-corrected chi connectivity index (χ1v) is 6.25. The average Bonchev–Trinajstić information content (AvgIpc) is 2.66. The van der Waals surface area contributed by atoms with Gasteiger partial charge in [-0.2, -0.15) is 5.10 Å². The van der Waals surface area contributed by atoms with E-state index in [0.717, 1.165) is 11.4 Å². The minimum Gasteiger partial charge on any atom is -0.481 e. The molecule has 1 rings (SSSR count). The van der Waals surface area contributed by atoms with E-state index < -0.39 is 5.97 Å². The van der Waals surface area contributed by atoms with Crippen molar-refractivity contribution in [2.45, 2.75) is 53.0 Å². The van der Waals surface area contributed by atoms with Crippen molar-refractivity contribution in [1.29, 1.82) is 0 Å². The van der Waals surface area contributed by atoms with Gasteiger partial charge in [-0.3, -0.25) is 14.3 Å². The van der Waals surface area contributed by atoms with E-state index in [0.29, 0.717) is 18.4 Å². The second kappa shape index (κ2) is 5.80. The molecule has 0 aliphatic carbocycles. The molecule has 0 aromatic carbocycles. The molecule has 0 bridgehead atoms. The van der Waals surface area contributed by atoms with Crippen molar-refractivity contribution >= 4 is 11.8 Å². The fourth-order valence-electron chi connectivity index (χ4n) is 2.22. The number of carboxylic acids is 1. The molecule has 18 heavy (non-hydrogen) atoms. The van der Waals surface area contributed by atoms with Crippen LogP contribution < -0.4 is 0 Å². The first kappa shape index (κ1) is 14.4. The number of carbonyl (C=O) groups excluding carboxylic acids is 1. The molecule has 5 heteroatoms. The normalized spacial score (nSPS) is 12.4. The van der Waals surface area contributed by atoms with E-state index in [1.54, 1.807) is 4.68 Å². The summed E-state index contributed by atoms with van der Waals surface area (Å²) >= 11 is 0. The summed E-state index contributed by atoms with van der Waals surface area (Å²) in [6.45, 7) is 7.23. The zero-order chi connectivity index (χ0) is 13.9. The fraction of sp³-hybridized carbons (Fsp3) is 0.615. The van der Waals surface area contributed by atoms with Gasteiger partial charge in [0.15, 0.2) is 5.78 Å². The predicted molar refractivity (Wildman–Crippen MR) is 68.0 cm³/mol. The van der Waals surface area contributed by atoms with Crippen LogP contribution in [0.1, 0.15) is 61.9 Å². The number of aryl methyl sites for hydroxylation is 1. The van der Waals surface area contributed by atoms with Gasteiger partial charge in [-0.25, -0.2) is 0 Å². The topological polar surface area (TPSA) is 72.2 Å². The molecule has 1 unspecified atom stereocenters. The Balaban J connectivity index is 3.27. The van der Waals surface area contributed by atoms with Crippen LogP contribution in [0.3, 0.4) is 0 Å². The maximum Gasteiger partial charge on any atom is 0.305 e. The van der Waals surface area contributed by atoms with Crippen LogP contribution in [0.2, 0.25) is 0 Å². The van der Waals surface area contributed by atoms with Gasteiger partial charge < -0.3 is 5.11 Å². The molecule has 1 heterocycles. The van der Waals surface area contributed by atoms with Crippen molar-refractivity contribution in [3.8, 4) is 0 Å². The monoisotopic (exact) mass is 252 g/mol. The van der Waals surface area contributed by atoms with E-state index in [1.165, 1.54) is 6.92 Å². The molecule has 0 saturated carbocycles. The number of Topliss-reactive ketones (excluding diaryl/α,β-unsaturated/α-hetero) is 1. The summed E-state index contributed by atoms with van der Waals surface area (Å²) in [4.78, 5) is 22.5. The van der Waals surface area contributed by atoms with Crippen molar-refractivity contribution in [3.05, 3.63) is 17.0 Å². The number of rotatable bonds is 6. The summed E-state index contributed by atoms with van der Waals surface area (Å²) in [6.07, 6.45) is 1.36. The Kier molecular flexibility index (Phi) is 4.64. The molecule has 0 aliphatic heterocycles. The molecule has 1 aromatic heterocycles. The van der Waals surface area contributed by atoms with Gasteiger partial charge in [0, 0.05) is 5.69 Å². The molecule has 0 amide bonds. The Morgan fingerprint density at radius 2 is 1.94 bits per heavy atom. The van der Waals surface area contributed by atoms with E-state index >= 15 is 0 Å². The number of ketones is 1. The molecular formula is C13H20N2O3. The second-order valence-electron chi connectivity index (χ2n) is 4.42. The third-order valence-corrected chi connectivity index (χ3v) is 2.99. The van der Waals surface area contributed by atoms with Gasteiger partial charge in [0.25, 0.3) is 0 Å². The highest BCUT2D eigenvalue weighted by Crippen LogP contribution is 2.22. The standard InChI is InChI=1S/C13H20N2O3/c1-5-10-13(9(4)16)11(6-2)15(14-10)8(3)7-12(17)18/h8H,5-7H2,1-4H3,(H,17,18). The SMILES string of the molecule is CCc1nn(C(C)CC(=O)O)c(CC)c1C(C)=O. The Labute approximate surface area is 107 Å². The highest BCUT2D eigenvalue weighted by molar-refractivity contribution is 5.96. The molecule has 1 N–H and O–H groups in total. The maximum atomic E-state index is 11.7. The smallest absolute Gasteiger partial charge is 0.305 e. The van der Waals surface area contributed by atoms with Crippen LogP contribution in [0.5, 0.6) is 0 Å². The lowest BCUT2D eigenvalue weighted by Crippen LogP contribution is -2.15. The number of carboxylic acid groups (broad SMARTS) is 1. The van der Waals surface area contributed by atoms with Crippen molar-refractivity contribution in [2.24, 2.45) is 0 Å². The highest BCUT2D eigenvalue weighted by atomic mass is 16.4. The summed E-state index contributed by atoms with van der Waals surface area (Å²) < 4.78 is 1.70. The number of nitrogens with zero attached hydrogens (tertiary/aromatic N) is 2. The van der Waals surface area contributed by atoms with Gasteiger partial charge in [0.05, 0.1) is 23.7 Å².